The van der Waals surface area contributed by atoms with Crippen LogP contribution in [0, 0.1) is 48.5 Å². The molecular formula is C48H61IrN2O2SSi-. The average Bonchev–Trinajstić information content (AvgIpc) is 3.55. The number of benzene rings is 3. The van der Waals surface area contributed by atoms with Crippen LogP contribution in [-0.4, -0.2) is 28.9 Å². The first-order valence-electron chi connectivity index (χ1n) is 19.7. The van der Waals surface area contributed by atoms with Crippen LogP contribution in [-0.2, 0) is 30.3 Å². The van der Waals surface area contributed by atoms with E-state index in [1.807, 2.05) is 11.3 Å². The van der Waals surface area contributed by atoms with Crippen molar-refractivity contribution < 1.29 is 30.0 Å². The Hall–Kier alpha value is -3.22. The van der Waals surface area contributed by atoms with Gasteiger partial charge in [0.05, 0.1) is 11.3 Å². The quantitative estimate of drug-likeness (QED) is 0.0692. The molecule has 6 rings (SSSR count). The molecule has 1 aliphatic rings. The van der Waals surface area contributed by atoms with Crippen LogP contribution in [0.25, 0.3) is 43.5 Å². The van der Waals surface area contributed by atoms with Gasteiger partial charge in [0.15, 0.2) is 5.78 Å². The van der Waals surface area contributed by atoms with Crippen LogP contribution in [0.15, 0.2) is 72.8 Å². The summed E-state index contributed by atoms with van der Waals surface area (Å²) in [5, 5.41) is 15.7. The Bertz CT molecular complexity index is 2200. The van der Waals surface area contributed by atoms with Gasteiger partial charge in [-0.25, -0.2) is 4.98 Å². The fraction of sp³-hybridized carbons (Fsp3) is 0.438. The molecule has 1 radical (unpaired) electrons. The molecule has 0 aliphatic carbocycles. The van der Waals surface area contributed by atoms with Gasteiger partial charge in [-0.05, 0) is 57.5 Å². The second kappa shape index (κ2) is 17.5. The van der Waals surface area contributed by atoms with Crippen LogP contribution in [0.5, 0.6) is 0 Å². The molecule has 0 amide bonds. The Morgan fingerprint density at radius 3 is 2.02 bits per heavy atom. The molecule has 55 heavy (non-hydrogen) atoms. The van der Waals surface area contributed by atoms with Crippen molar-refractivity contribution in [1.82, 2.24) is 9.97 Å². The van der Waals surface area contributed by atoms with E-state index in [4.69, 9.17) is 9.97 Å². The third kappa shape index (κ3) is 9.17. The number of nitrogens with zero attached hydrogens (tertiary/aromatic N) is 2. The van der Waals surface area contributed by atoms with E-state index in [0.29, 0.717) is 23.7 Å². The number of aryl methyl sites for hydroxylation is 1. The molecule has 1 N–H and O–H groups in total. The summed E-state index contributed by atoms with van der Waals surface area (Å²) in [5.41, 5.74) is 7.09. The number of ketones is 1. The molecule has 2 aromatic heterocycles. The van der Waals surface area contributed by atoms with E-state index in [-0.39, 0.29) is 48.9 Å². The number of hydrogen-bond acceptors (Lipinski definition) is 5. The van der Waals surface area contributed by atoms with Crippen molar-refractivity contribution in [3.63, 3.8) is 0 Å². The molecule has 4 nitrogen and oxygen atoms in total. The molecule has 3 aromatic carbocycles. The summed E-state index contributed by atoms with van der Waals surface area (Å²) in [6.45, 7) is 30.6. The minimum atomic E-state index is -1.78. The molecule has 0 saturated heterocycles. The summed E-state index contributed by atoms with van der Waals surface area (Å²) < 4.78 is 1.16. The largest absolute Gasteiger partial charge is 0.512 e. The summed E-state index contributed by atoms with van der Waals surface area (Å²) in [6.07, 6.45) is 5.63. The first kappa shape index (κ1) is 44.5. The van der Waals surface area contributed by atoms with Gasteiger partial charge in [0.2, 0.25) is 0 Å². The fourth-order valence-corrected chi connectivity index (χ4v) is 13.7. The first-order valence-corrected chi connectivity index (χ1v) is 23.5. The van der Waals surface area contributed by atoms with Crippen molar-refractivity contribution in [3.05, 3.63) is 100 Å². The Kier molecular flexibility index (Phi) is 14.2. The van der Waals surface area contributed by atoms with Gasteiger partial charge in [0.25, 0.3) is 0 Å². The van der Waals surface area contributed by atoms with Gasteiger partial charge < -0.3 is 5.11 Å². The normalized spacial score (nSPS) is 14.3. The fourth-order valence-electron chi connectivity index (χ4n) is 8.69. The Balaban J connectivity index is 0.000000290. The van der Waals surface area contributed by atoms with E-state index in [1.54, 1.807) is 6.33 Å². The zero-order valence-corrected chi connectivity index (χ0v) is 39.6. The van der Waals surface area contributed by atoms with Gasteiger partial charge >= 0.3 is 0 Å². The Morgan fingerprint density at radius 2 is 1.44 bits per heavy atom. The molecule has 0 bridgehead atoms. The zero-order valence-electron chi connectivity index (χ0n) is 35.4. The van der Waals surface area contributed by atoms with E-state index >= 15 is 0 Å². The van der Waals surface area contributed by atoms with Crippen molar-refractivity contribution in [2.75, 3.05) is 0 Å². The standard InChI is InChI=1S/C31H29N2SSi.C17H32O2.Ir/c1-19-27-30(34-29(19)26-17-21-12-8-10-14-25(21)35(26,5)6)28(33-18-32-27)22-15-20-11-7-9-13-23(20)24(16-22)31(2,3)4;1-10(2)16(11(3)4)14(18)9-15(19)17(12(5)6)13(7)8;/h7-14,16-18H,1-6H3;9-13,16-18H,1-8H3;/q-1;;/b;14-9-;. The predicted octanol–water partition coefficient (Wildman–Crippen LogP) is 12.8. The van der Waals surface area contributed by atoms with Crippen LogP contribution >= 0.6 is 11.3 Å². The zero-order chi connectivity index (χ0) is 39.9. The molecule has 5 aromatic rings. The average molecular weight is 950 g/mol. The predicted molar refractivity (Wildman–Crippen MR) is 236 cm³/mol. The molecule has 0 fully saturated rings. The van der Waals surface area contributed by atoms with Crippen molar-refractivity contribution in [2.24, 2.45) is 35.5 Å². The van der Waals surface area contributed by atoms with Crippen LogP contribution in [0.1, 0.15) is 97.7 Å². The summed E-state index contributed by atoms with van der Waals surface area (Å²) in [7, 11) is -1.78. The van der Waals surface area contributed by atoms with E-state index in [2.05, 4.69) is 163 Å². The van der Waals surface area contributed by atoms with Crippen molar-refractivity contribution in [3.8, 4) is 11.3 Å². The summed E-state index contributed by atoms with van der Waals surface area (Å²) in [4.78, 5) is 23.3. The maximum absolute atomic E-state index is 12.3. The molecule has 7 heteroatoms. The minimum Gasteiger partial charge on any atom is -0.512 e. The van der Waals surface area contributed by atoms with Crippen LogP contribution in [0.2, 0.25) is 13.1 Å². The SMILES string of the molecule is CC(C)C(C(=O)/C=C(\O)C(C(C)C)C(C)C)C(C)C.Cc1c(C2=Cc3ccccc3[Si]2(C)C)sc2c(-c3[c-]c4ccccc4c(C(C)(C)C)c3)ncnc12.[Ir]. The van der Waals surface area contributed by atoms with Gasteiger partial charge in [-0.3, -0.25) is 9.78 Å². The molecule has 1 aliphatic heterocycles. The molecule has 295 valence electrons. The molecule has 0 unspecified atom stereocenters. The van der Waals surface area contributed by atoms with Crippen molar-refractivity contribution in [1.29, 1.82) is 0 Å². The smallest absolute Gasteiger partial charge is 0.162 e. The van der Waals surface area contributed by atoms with Crippen molar-refractivity contribution in [2.45, 2.75) is 102 Å². The van der Waals surface area contributed by atoms with Crippen LogP contribution in [0.4, 0.5) is 0 Å². The van der Waals surface area contributed by atoms with Crippen molar-refractivity contribution >= 4 is 62.6 Å². The maximum Gasteiger partial charge on any atom is 0.162 e. The monoisotopic (exact) mass is 950 g/mol. The minimum absolute atomic E-state index is 0. The van der Waals surface area contributed by atoms with Gasteiger partial charge in [0, 0.05) is 53.3 Å². The number of carbonyl (C=O) groups excluding carboxylic acids is 1. The molecule has 0 saturated carbocycles. The first-order chi connectivity index (χ1) is 25.2. The van der Waals surface area contributed by atoms with E-state index in [1.165, 1.54) is 43.4 Å². The molecule has 0 atom stereocenters. The summed E-state index contributed by atoms with van der Waals surface area (Å²) in [6, 6.07) is 23.4. The maximum atomic E-state index is 12.3. The number of rotatable bonds is 9. The topological polar surface area (TPSA) is 63.1 Å². The molecule has 3 heterocycles. The van der Waals surface area contributed by atoms with Gasteiger partial charge in [-0.1, -0.05) is 149 Å². The third-order valence-electron chi connectivity index (χ3n) is 11.2. The molecule has 0 spiro atoms. The van der Waals surface area contributed by atoms with E-state index in [0.717, 1.165) is 26.9 Å². The van der Waals surface area contributed by atoms with Gasteiger partial charge in [-0.2, -0.15) is 0 Å². The van der Waals surface area contributed by atoms with E-state index in [9.17, 15) is 9.90 Å². The number of aliphatic hydroxyl groups is 1. The van der Waals surface area contributed by atoms with E-state index < -0.39 is 8.07 Å². The number of allylic oxidation sites excluding steroid dienone is 2. The summed E-state index contributed by atoms with van der Waals surface area (Å²) >= 11 is 1.86. The number of aromatic nitrogens is 2. The number of carbonyl (C=O) groups is 1. The van der Waals surface area contributed by atoms with Gasteiger partial charge in [-0.15, -0.1) is 40.5 Å². The number of fused-ring (bicyclic) bond motifs is 3. The number of thiophene rings is 1. The Morgan fingerprint density at radius 1 is 0.855 bits per heavy atom. The van der Waals surface area contributed by atoms with Crippen LogP contribution in [0.3, 0.4) is 0 Å². The van der Waals surface area contributed by atoms with Gasteiger partial charge in [0.1, 0.15) is 14.4 Å². The summed E-state index contributed by atoms with van der Waals surface area (Å²) in [5.74, 6) is 1.63. The molecular weight excluding hydrogens is 889 g/mol. The number of hydrogen-bond donors (Lipinski definition) is 1. The second-order valence-electron chi connectivity index (χ2n) is 18.1. The van der Waals surface area contributed by atoms with Crippen LogP contribution < -0.4 is 5.19 Å². The second-order valence-corrected chi connectivity index (χ2v) is 23.5. The Labute approximate surface area is 349 Å². The number of aliphatic hydroxyl groups excluding tert-OH is 1. The third-order valence-corrected chi connectivity index (χ3v) is 16.3.